The molecule has 7 heteroatoms. The van der Waals surface area contributed by atoms with Gasteiger partial charge in [0.15, 0.2) is 0 Å². The smallest absolute Gasteiger partial charge is 0.209 e. The Balaban J connectivity index is 1.85. The molecule has 0 saturated heterocycles. The molecule has 0 radical (unpaired) electrons. The zero-order valence-corrected chi connectivity index (χ0v) is 12.7. The molecule has 0 amide bonds. The van der Waals surface area contributed by atoms with E-state index in [9.17, 15) is 0 Å². The average molecular weight is 333 g/mol. The van der Waals surface area contributed by atoms with Gasteiger partial charge in [-0.15, -0.1) is 10.2 Å². The van der Waals surface area contributed by atoms with Gasteiger partial charge in [0, 0.05) is 7.05 Å². The Labute approximate surface area is 124 Å². The van der Waals surface area contributed by atoms with Crippen LogP contribution in [0.2, 0.25) is 0 Å². The molecule has 0 bridgehead atoms. The van der Waals surface area contributed by atoms with Gasteiger partial charge in [0.2, 0.25) is 5.82 Å². The van der Waals surface area contributed by atoms with Crippen molar-refractivity contribution in [2.45, 2.75) is 13.5 Å². The van der Waals surface area contributed by atoms with Crippen molar-refractivity contribution in [2.24, 2.45) is 7.05 Å². The van der Waals surface area contributed by atoms with Crippen molar-refractivity contribution < 1.29 is 0 Å². The number of aryl methyl sites for hydroxylation is 2. The van der Waals surface area contributed by atoms with Gasteiger partial charge >= 0.3 is 0 Å². The summed E-state index contributed by atoms with van der Waals surface area (Å²) in [5, 5.41) is 16.7. The molecule has 0 unspecified atom stereocenters. The van der Waals surface area contributed by atoms with E-state index in [-0.39, 0.29) is 0 Å². The predicted molar refractivity (Wildman–Crippen MR) is 78.0 cm³/mol. The van der Waals surface area contributed by atoms with E-state index in [2.05, 4.69) is 61.6 Å². The largest absolute Gasteiger partial charge is 0.261 e. The quantitative estimate of drug-likeness (QED) is 0.737. The van der Waals surface area contributed by atoms with Gasteiger partial charge in [-0.2, -0.15) is 9.90 Å². The van der Waals surface area contributed by atoms with Crippen LogP contribution in [0.1, 0.15) is 11.1 Å². The zero-order valence-electron chi connectivity index (χ0n) is 11.2. The van der Waals surface area contributed by atoms with Crippen molar-refractivity contribution in [3.8, 4) is 11.4 Å². The van der Waals surface area contributed by atoms with Gasteiger partial charge in [-0.05, 0) is 33.6 Å². The summed E-state index contributed by atoms with van der Waals surface area (Å²) in [6.07, 6.45) is 1.72. The van der Waals surface area contributed by atoms with Crippen molar-refractivity contribution in [1.82, 2.24) is 30.0 Å². The van der Waals surface area contributed by atoms with Gasteiger partial charge in [-0.3, -0.25) is 4.68 Å². The van der Waals surface area contributed by atoms with E-state index >= 15 is 0 Å². The van der Waals surface area contributed by atoms with E-state index in [0.717, 1.165) is 15.7 Å². The molecule has 0 N–H and O–H groups in total. The highest BCUT2D eigenvalue weighted by molar-refractivity contribution is 9.10. The van der Waals surface area contributed by atoms with Crippen LogP contribution in [0.4, 0.5) is 0 Å². The Hall–Kier alpha value is -2.02. The van der Waals surface area contributed by atoms with Crippen molar-refractivity contribution in [3.05, 3.63) is 46.2 Å². The molecule has 0 spiro atoms. The van der Waals surface area contributed by atoms with Gasteiger partial charge in [0.1, 0.15) is 4.60 Å². The molecular weight excluding hydrogens is 320 g/mol. The summed E-state index contributed by atoms with van der Waals surface area (Å²) in [4.78, 5) is 1.59. The number of benzene rings is 1. The van der Waals surface area contributed by atoms with Crippen LogP contribution in [0.3, 0.4) is 0 Å². The molecule has 0 aliphatic heterocycles. The van der Waals surface area contributed by atoms with Gasteiger partial charge in [0.25, 0.3) is 0 Å². The Morgan fingerprint density at radius 2 is 2.15 bits per heavy atom. The number of aromatic nitrogens is 6. The second-order valence-electron chi connectivity index (χ2n) is 4.61. The number of tetrazole rings is 1. The van der Waals surface area contributed by atoms with Gasteiger partial charge in [0.05, 0.1) is 18.3 Å². The maximum atomic E-state index is 4.39. The minimum atomic E-state index is 0.567. The topological polar surface area (TPSA) is 61.4 Å². The third-order valence-corrected chi connectivity index (χ3v) is 3.91. The van der Waals surface area contributed by atoms with Crippen molar-refractivity contribution in [3.63, 3.8) is 0 Å². The Morgan fingerprint density at radius 3 is 2.85 bits per heavy atom. The van der Waals surface area contributed by atoms with Crippen molar-refractivity contribution in [2.75, 3.05) is 0 Å². The predicted octanol–water partition coefficient (Wildman–Crippen LogP) is 2.19. The fourth-order valence-corrected chi connectivity index (χ4v) is 2.34. The highest BCUT2D eigenvalue weighted by atomic mass is 79.9. The Kier molecular flexibility index (Phi) is 3.35. The third-order valence-electron chi connectivity index (χ3n) is 2.97. The van der Waals surface area contributed by atoms with Gasteiger partial charge in [-0.25, -0.2) is 0 Å². The monoisotopic (exact) mass is 332 g/mol. The number of nitrogens with zero attached hydrogens (tertiary/aromatic N) is 6. The molecule has 20 heavy (non-hydrogen) atoms. The summed E-state index contributed by atoms with van der Waals surface area (Å²) in [7, 11) is 1.85. The fourth-order valence-electron chi connectivity index (χ4n) is 1.96. The maximum Gasteiger partial charge on any atom is 0.209 e. The van der Waals surface area contributed by atoms with E-state index in [0.29, 0.717) is 12.4 Å². The molecule has 3 aromatic rings. The first-order valence-corrected chi connectivity index (χ1v) is 6.94. The zero-order chi connectivity index (χ0) is 14.1. The molecule has 0 fully saturated rings. The molecule has 6 nitrogen and oxygen atoms in total. The molecule has 0 aliphatic carbocycles. The van der Waals surface area contributed by atoms with Gasteiger partial charge in [-0.1, -0.05) is 29.8 Å². The molecule has 1 aromatic carbocycles. The van der Waals surface area contributed by atoms with Crippen LogP contribution in [-0.2, 0) is 13.6 Å². The molecule has 2 aromatic heterocycles. The van der Waals surface area contributed by atoms with Crippen LogP contribution in [0, 0.1) is 6.92 Å². The molecule has 3 rings (SSSR count). The Morgan fingerprint density at radius 1 is 1.30 bits per heavy atom. The van der Waals surface area contributed by atoms with E-state index < -0.39 is 0 Å². The molecular formula is C13H13BrN6. The summed E-state index contributed by atoms with van der Waals surface area (Å²) >= 11 is 3.46. The maximum absolute atomic E-state index is 4.39. The molecule has 0 atom stereocenters. The first kappa shape index (κ1) is 13.0. The lowest BCUT2D eigenvalue weighted by atomic mass is 10.1. The van der Waals surface area contributed by atoms with E-state index in [1.807, 2.05) is 13.1 Å². The highest BCUT2D eigenvalue weighted by Gasteiger charge is 2.13. The SMILES string of the molecule is Cc1cccc(Cn2nnc(-c3cnn(C)c3Br)n2)c1. The second kappa shape index (κ2) is 5.16. The van der Waals surface area contributed by atoms with Gasteiger partial charge < -0.3 is 0 Å². The van der Waals surface area contributed by atoms with Crippen LogP contribution in [0.25, 0.3) is 11.4 Å². The van der Waals surface area contributed by atoms with Crippen LogP contribution in [0.5, 0.6) is 0 Å². The minimum absolute atomic E-state index is 0.567. The molecule has 0 saturated carbocycles. The third kappa shape index (κ3) is 2.49. The minimum Gasteiger partial charge on any atom is -0.261 e. The molecule has 2 heterocycles. The van der Waals surface area contributed by atoms with Crippen molar-refractivity contribution in [1.29, 1.82) is 0 Å². The number of rotatable bonds is 3. The standard InChI is InChI=1S/C13H13BrN6/c1-9-4-3-5-10(6-9)8-20-17-13(16-18-20)11-7-15-19(2)12(11)14/h3-7H,8H2,1-2H3. The summed E-state index contributed by atoms with van der Waals surface area (Å²) in [5.41, 5.74) is 3.21. The Bertz CT molecular complexity index is 745. The normalized spacial score (nSPS) is 10.9. The van der Waals surface area contributed by atoms with E-state index in [1.54, 1.807) is 15.7 Å². The van der Waals surface area contributed by atoms with E-state index in [1.165, 1.54) is 5.56 Å². The average Bonchev–Trinajstić information content (AvgIpc) is 2.98. The van der Waals surface area contributed by atoms with Crippen LogP contribution < -0.4 is 0 Å². The second-order valence-corrected chi connectivity index (χ2v) is 5.36. The lowest BCUT2D eigenvalue weighted by Crippen LogP contribution is -2.04. The fraction of sp³-hybridized carbons (Fsp3) is 0.231. The first-order valence-electron chi connectivity index (χ1n) is 6.15. The van der Waals surface area contributed by atoms with Crippen LogP contribution in [0.15, 0.2) is 35.1 Å². The highest BCUT2D eigenvalue weighted by Crippen LogP contribution is 2.23. The van der Waals surface area contributed by atoms with E-state index in [4.69, 9.17) is 0 Å². The summed E-state index contributed by atoms with van der Waals surface area (Å²) in [6.45, 7) is 2.67. The number of hydrogen-bond acceptors (Lipinski definition) is 4. The van der Waals surface area contributed by atoms with Crippen molar-refractivity contribution >= 4 is 15.9 Å². The van der Waals surface area contributed by atoms with Crippen LogP contribution >= 0.6 is 15.9 Å². The van der Waals surface area contributed by atoms with Crippen LogP contribution in [-0.4, -0.2) is 30.0 Å². The number of hydrogen-bond donors (Lipinski definition) is 0. The lowest BCUT2D eigenvalue weighted by Gasteiger charge is -2.00. The summed E-state index contributed by atoms with van der Waals surface area (Å²) < 4.78 is 2.56. The first-order chi connectivity index (χ1) is 9.63. The lowest BCUT2D eigenvalue weighted by molar-refractivity contribution is 0.572. The molecule has 0 aliphatic rings. The number of halogens is 1. The summed E-state index contributed by atoms with van der Waals surface area (Å²) in [6, 6.07) is 8.26. The summed E-state index contributed by atoms with van der Waals surface area (Å²) in [5.74, 6) is 0.567. The molecule has 102 valence electrons.